The van der Waals surface area contributed by atoms with Crippen LogP contribution in [0, 0.1) is 0 Å². The summed E-state index contributed by atoms with van der Waals surface area (Å²) in [5.74, 6) is 0. The Labute approximate surface area is 67.2 Å². The van der Waals surface area contributed by atoms with Crippen LogP contribution >= 0.6 is 0 Å². The van der Waals surface area contributed by atoms with E-state index in [9.17, 15) is 5.11 Å². The van der Waals surface area contributed by atoms with Crippen LogP contribution in [-0.4, -0.2) is 41.3 Å². The van der Waals surface area contributed by atoms with Crippen molar-refractivity contribution in [2.45, 2.75) is 30.9 Å². The summed E-state index contributed by atoms with van der Waals surface area (Å²) < 4.78 is 0. The fraction of sp³-hybridized carbons (Fsp3) is 1.00. The first-order chi connectivity index (χ1) is 5.23. The van der Waals surface area contributed by atoms with Crippen molar-refractivity contribution >= 4 is 0 Å². The molecule has 1 heterocycles. The van der Waals surface area contributed by atoms with E-state index in [0.717, 1.165) is 32.5 Å². The second kappa shape index (κ2) is 2.44. The standard InChI is InChI=1S/C8H16N2O/c9-5-7-1-4-10(7)6-8(11)2-3-8/h7,11H,1-6,9H2. The summed E-state index contributed by atoms with van der Waals surface area (Å²) >= 11 is 0. The predicted octanol–water partition coefficient (Wildman–Crippen LogP) is -0.456. The fourth-order valence-corrected chi connectivity index (χ4v) is 1.65. The van der Waals surface area contributed by atoms with Crippen molar-refractivity contribution in [2.24, 2.45) is 5.73 Å². The van der Waals surface area contributed by atoms with Crippen molar-refractivity contribution in [3.8, 4) is 0 Å². The molecular formula is C8H16N2O. The molecule has 2 fully saturated rings. The Morgan fingerprint density at radius 1 is 1.55 bits per heavy atom. The predicted molar refractivity (Wildman–Crippen MR) is 43.2 cm³/mol. The van der Waals surface area contributed by atoms with Gasteiger partial charge in [-0.25, -0.2) is 0 Å². The Bertz CT molecular complexity index is 154. The number of hydrogen-bond acceptors (Lipinski definition) is 3. The zero-order valence-electron chi connectivity index (χ0n) is 6.79. The average Bonchev–Trinajstić information content (AvgIpc) is 2.64. The van der Waals surface area contributed by atoms with Gasteiger partial charge in [0.05, 0.1) is 5.60 Å². The van der Waals surface area contributed by atoms with E-state index < -0.39 is 0 Å². The first-order valence-corrected chi connectivity index (χ1v) is 4.40. The van der Waals surface area contributed by atoms with Gasteiger partial charge in [0.1, 0.15) is 0 Å². The second-order valence-electron chi connectivity index (χ2n) is 3.87. The third kappa shape index (κ3) is 1.41. The number of rotatable bonds is 3. The van der Waals surface area contributed by atoms with Crippen LogP contribution in [0.1, 0.15) is 19.3 Å². The molecule has 0 amide bonds. The van der Waals surface area contributed by atoms with Gasteiger partial charge in [0.25, 0.3) is 0 Å². The van der Waals surface area contributed by atoms with Gasteiger partial charge in [-0.05, 0) is 19.3 Å². The summed E-state index contributed by atoms with van der Waals surface area (Å²) in [5, 5.41) is 9.59. The van der Waals surface area contributed by atoms with E-state index in [-0.39, 0.29) is 5.60 Å². The summed E-state index contributed by atoms with van der Waals surface area (Å²) in [4.78, 5) is 2.30. The topological polar surface area (TPSA) is 49.5 Å². The van der Waals surface area contributed by atoms with Crippen LogP contribution in [0.25, 0.3) is 0 Å². The molecule has 3 heteroatoms. The lowest BCUT2D eigenvalue weighted by molar-refractivity contribution is 0.0229. The zero-order valence-corrected chi connectivity index (χ0v) is 6.79. The number of nitrogens with zero attached hydrogens (tertiary/aromatic N) is 1. The van der Waals surface area contributed by atoms with Crippen molar-refractivity contribution in [1.82, 2.24) is 4.90 Å². The molecule has 1 aliphatic carbocycles. The molecule has 0 aromatic heterocycles. The van der Waals surface area contributed by atoms with Crippen LogP contribution in [0.15, 0.2) is 0 Å². The molecule has 1 saturated carbocycles. The van der Waals surface area contributed by atoms with Crippen LogP contribution in [0.4, 0.5) is 0 Å². The molecule has 0 spiro atoms. The van der Waals surface area contributed by atoms with E-state index in [1.165, 1.54) is 6.42 Å². The Hall–Kier alpha value is -0.120. The largest absolute Gasteiger partial charge is 0.389 e. The van der Waals surface area contributed by atoms with E-state index in [4.69, 9.17) is 5.73 Å². The van der Waals surface area contributed by atoms with Crippen LogP contribution in [0.3, 0.4) is 0 Å². The van der Waals surface area contributed by atoms with Crippen LogP contribution in [0.5, 0.6) is 0 Å². The molecule has 1 aliphatic heterocycles. The number of hydrogen-bond donors (Lipinski definition) is 2. The molecule has 0 bridgehead atoms. The third-order valence-corrected chi connectivity index (χ3v) is 2.86. The van der Waals surface area contributed by atoms with E-state index in [2.05, 4.69) is 4.90 Å². The summed E-state index contributed by atoms with van der Waals surface area (Å²) in [6.07, 6.45) is 3.19. The number of nitrogens with two attached hydrogens (primary N) is 1. The zero-order chi connectivity index (χ0) is 7.90. The maximum absolute atomic E-state index is 9.59. The monoisotopic (exact) mass is 156 g/mol. The normalized spacial score (nSPS) is 34.9. The molecule has 3 nitrogen and oxygen atoms in total. The number of aliphatic hydroxyl groups is 1. The van der Waals surface area contributed by atoms with Gasteiger partial charge in [-0.3, -0.25) is 4.90 Å². The maximum Gasteiger partial charge on any atom is 0.0776 e. The molecule has 0 aromatic rings. The van der Waals surface area contributed by atoms with Gasteiger partial charge in [0, 0.05) is 25.7 Å². The van der Waals surface area contributed by atoms with E-state index >= 15 is 0 Å². The lowest BCUT2D eigenvalue weighted by Crippen LogP contribution is -2.54. The van der Waals surface area contributed by atoms with Gasteiger partial charge < -0.3 is 10.8 Å². The lowest BCUT2D eigenvalue weighted by Gasteiger charge is -2.41. The van der Waals surface area contributed by atoms with Crippen molar-refractivity contribution in [1.29, 1.82) is 0 Å². The van der Waals surface area contributed by atoms with Crippen molar-refractivity contribution < 1.29 is 5.11 Å². The Kier molecular flexibility index (Phi) is 1.67. The van der Waals surface area contributed by atoms with Crippen LogP contribution < -0.4 is 5.73 Å². The Morgan fingerprint density at radius 2 is 2.27 bits per heavy atom. The van der Waals surface area contributed by atoms with Gasteiger partial charge in [-0.15, -0.1) is 0 Å². The first kappa shape index (κ1) is 7.53. The minimum Gasteiger partial charge on any atom is -0.389 e. The molecule has 1 unspecified atom stereocenters. The molecule has 2 aliphatic rings. The van der Waals surface area contributed by atoms with Crippen LogP contribution in [0.2, 0.25) is 0 Å². The quantitative estimate of drug-likeness (QED) is 0.581. The first-order valence-electron chi connectivity index (χ1n) is 4.40. The average molecular weight is 156 g/mol. The summed E-state index contributed by atoms with van der Waals surface area (Å²) in [6, 6.07) is 0.555. The van der Waals surface area contributed by atoms with E-state index in [0.29, 0.717) is 6.04 Å². The SMILES string of the molecule is NCC1CCN1CC1(O)CC1. The molecule has 1 atom stereocenters. The molecule has 1 saturated heterocycles. The molecule has 2 rings (SSSR count). The van der Waals surface area contributed by atoms with Gasteiger partial charge in [-0.2, -0.15) is 0 Å². The molecular weight excluding hydrogens is 140 g/mol. The molecule has 0 radical (unpaired) electrons. The highest BCUT2D eigenvalue weighted by Gasteiger charge is 2.44. The summed E-state index contributed by atoms with van der Waals surface area (Å²) in [5.41, 5.74) is 5.21. The fourth-order valence-electron chi connectivity index (χ4n) is 1.65. The third-order valence-electron chi connectivity index (χ3n) is 2.86. The van der Waals surface area contributed by atoms with Gasteiger partial charge >= 0.3 is 0 Å². The van der Waals surface area contributed by atoms with E-state index in [1.54, 1.807) is 0 Å². The number of β-amino-alcohol motifs (C(OH)–C–C–N with tert-alkyl or cyclic N) is 1. The highest BCUT2D eigenvalue weighted by atomic mass is 16.3. The molecule has 3 N–H and O–H groups in total. The van der Waals surface area contributed by atoms with Crippen LogP contribution in [-0.2, 0) is 0 Å². The van der Waals surface area contributed by atoms with Gasteiger partial charge in [0.15, 0.2) is 0 Å². The highest BCUT2D eigenvalue weighted by Crippen LogP contribution is 2.37. The molecule has 11 heavy (non-hydrogen) atoms. The smallest absolute Gasteiger partial charge is 0.0776 e. The molecule has 64 valence electrons. The Balaban J connectivity index is 1.78. The van der Waals surface area contributed by atoms with Crippen molar-refractivity contribution in [3.05, 3.63) is 0 Å². The highest BCUT2D eigenvalue weighted by molar-refractivity contribution is 4.99. The minimum absolute atomic E-state index is 0.326. The number of likely N-dealkylation sites (tertiary alicyclic amines) is 1. The maximum atomic E-state index is 9.59. The van der Waals surface area contributed by atoms with Crippen molar-refractivity contribution in [3.63, 3.8) is 0 Å². The Morgan fingerprint density at radius 3 is 2.64 bits per heavy atom. The molecule has 0 aromatic carbocycles. The summed E-state index contributed by atoms with van der Waals surface area (Å²) in [7, 11) is 0. The minimum atomic E-state index is -0.326. The van der Waals surface area contributed by atoms with Crippen molar-refractivity contribution in [2.75, 3.05) is 19.6 Å². The lowest BCUT2D eigenvalue weighted by atomic mass is 10.0. The van der Waals surface area contributed by atoms with E-state index in [1.807, 2.05) is 0 Å². The summed E-state index contributed by atoms with van der Waals surface area (Å²) in [6.45, 7) is 2.73. The van der Waals surface area contributed by atoms with Gasteiger partial charge in [0.2, 0.25) is 0 Å². The second-order valence-corrected chi connectivity index (χ2v) is 3.87. The van der Waals surface area contributed by atoms with Gasteiger partial charge in [-0.1, -0.05) is 0 Å².